The van der Waals surface area contributed by atoms with Crippen LogP contribution in [0.2, 0.25) is 5.02 Å². The Labute approximate surface area is 125 Å². The Kier molecular flexibility index (Phi) is 3.88. The van der Waals surface area contributed by atoms with E-state index in [0.29, 0.717) is 11.9 Å². The summed E-state index contributed by atoms with van der Waals surface area (Å²) < 4.78 is 2.11. The first-order valence-electron chi connectivity index (χ1n) is 7.59. The lowest BCUT2D eigenvalue weighted by atomic mass is 9.81. The number of para-hydroxylation sites is 1. The maximum absolute atomic E-state index is 6.32. The fourth-order valence-corrected chi connectivity index (χ4v) is 3.70. The number of fused-ring (bicyclic) bond motifs is 1. The number of rotatable bonds is 3. The van der Waals surface area contributed by atoms with E-state index in [-0.39, 0.29) is 0 Å². The van der Waals surface area contributed by atoms with Crippen molar-refractivity contribution in [1.82, 2.24) is 9.55 Å². The van der Waals surface area contributed by atoms with Crippen molar-refractivity contribution >= 4 is 28.6 Å². The lowest BCUT2D eigenvalue weighted by Crippen LogP contribution is -2.19. The fourth-order valence-electron chi connectivity index (χ4n) is 3.43. The van der Waals surface area contributed by atoms with Gasteiger partial charge in [0.1, 0.15) is 0 Å². The van der Waals surface area contributed by atoms with Gasteiger partial charge in [0.15, 0.2) is 0 Å². The van der Waals surface area contributed by atoms with Gasteiger partial charge in [-0.15, -0.1) is 0 Å². The molecular weight excluding hydrogens is 270 g/mol. The lowest BCUT2D eigenvalue weighted by molar-refractivity contribution is 0.250. The molecule has 0 bridgehead atoms. The molecule has 1 aliphatic rings. The minimum Gasteiger partial charge on any atom is -0.369 e. The number of nitrogen functional groups attached to an aromatic ring is 1. The number of hydrogen-bond donors (Lipinski definition) is 1. The van der Waals surface area contributed by atoms with Gasteiger partial charge >= 0.3 is 0 Å². The first-order chi connectivity index (χ1) is 9.69. The van der Waals surface area contributed by atoms with E-state index in [0.717, 1.165) is 28.5 Å². The number of imidazole rings is 1. The number of anilines is 1. The smallest absolute Gasteiger partial charge is 0.201 e. The van der Waals surface area contributed by atoms with Crippen molar-refractivity contribution in [2.45, 2.75) is 45.6 Å². The van der Waals surface area contributed by atoms with Gasteiger partial charge in [0, 0.05) is 6.54 Å². The molecule has 1 aromatic heterocycles. The summed E-state index contributed by atoms with van der Waals surface area (Å²) in [4.78, 5) is 4.43. The van der Waals surface area contributed by atoms with Crippen molar-refractivity contribution in [1.29, 1.82) is 0 Å². The molecule has 3 nitrogen and oxygen atoms in total. The van der Waals surface area contributed by atoms with Crippen molar-refractivity contribution < 1.29 is 0 Å². The van der Waals surface area contributed by atoms with Gasteiger partial charge in [-0.3, -0.25) is 0 Å². The van der Waals surface area contributed by atoms with Gasteiger partial charge in [0.25, 0.3) is 0 Å². The molecule has 0 unspecified atom stereocenters. The number of halogens is 1. The fraction of sp³-hybridized carbons (Fsp3) is 0.562. The standard InChI is InChI=1S/C16H22ClN3/c1-2-11-6-8-12(9-7-11)10-20-15-13(17)4-3-5-14(15)19-16(20)18/h3-5,11-12H,2,6-10H2,1H3,(H2,18,19). The second kappa shape index (κ2) is 5.65. The van der Waals surface area contributed by atoms with Gasteiger partial charge in [-0.1, -0.05) is 43.9 Å². The molecule has 1 aliphatic carbocycles. The van der Waals surface area contributed by atoms with E-state index >= 15 is 0 Å². The molecule has 1 aromatic carbocycles. The molecule has 1 heterocycles. The van der Waals surface area contributed by atoms with Crippen LogP contribution in [0.3, 0.4) is 0 Å². The predicted molar refractivity (Wildman–Crippen MR) is 84.9 cm³/mol. The average Bonchev–Trinajstić information content (AvgIpc) is 2.77. The van der Waals surface area contributed by atoms with Crippen LogP contribution in [0.1, 0.15) is 39.0 Å². The third-order valence-corrected chi connectivity index (χ3v) is 5.04. The van der Waals surface area contributed by atoms with Gasteiger partial charge in [-0.05, 0) is 36.8 Å². The van der Waals surface area contributed by atoms with Crippen LogP contribution < -0.4 is 5.73 Å². The van der Waals surface area contributed by atoms with E-state index in [2.05, 4.69) is 16.5 Å². The van der Waals surface area contributed by atoms with Crippen molar-refractivity contribution in [2.24, 2.45) is 11.8 Å². The molecular formula is C16H22ClN3. The molecule has 0 saturated heterocycles. The second-order valence-electron chi connectivity index (χ2n) is 5.98. The molecule has 0 atom stereocenters. The summed E-state index contributed by atoms with van der Waals surface area (Å²) in [7, 11) is 0. The zero-order valence-corrected chi connectivity index (χ0v) is 12.7. The number of benzene rings is 1. The van der Waals surface area contributed by atoms with Crippen LogP contribution >= 0.6 is 11.6 Å². The van der Waals surface area contributed by atoms with Crippen LogP contribution in [-0.4, -0.2) is 9.55 Å². The maximum atomic E-state index is 6.32. The highest BCUT2D eigenvalue weighted by atomic mass is 35.5. The van der Waals surface area contributed by atoms with Crippen LogP contribution in [-0.2, 0) is 6.54 Å². The summed E-state index contributed by atoms with van der Waals surface area (Å²) in [5.74, 6) is 2.21. The van der Waals surface area contributed by atoms with Crippen LogP contribution in [0.4, 0.5) is 5.95 Å². The van der Waals surface area contributed by atoms with Crippen molar-refractivity contribution in [3.8, 4) is 0 Å². The van der Waals surface area contributed by atoms with Crippen LogP contribution in [0.15, 0.2) is 18.2 Å². The average molecular weight is 292 g/mol. The molecule has 2 N–H and O–H groups in total. The van der Waals surface area contributed by atoms with E-state index in [4.69, 9.17) is 17.3 Å². The van der Waals surface area contributed by atoms with Gasteiger partial charge in [-0.25, -0.2) is 4.98 Å². The highest BCUT2D eigenvalue weighted by Crippen LogP contribution is 2.34. The van der Waals surface area contributed by atoms with Crippen molar-refractivity contribution in [3.05, 3.63) is 23.2 Å². The van der Waals surface area contributed by atoms with Crippen LogP contribution in [0.5, 0.6) is 0 Å². The second-order valence-corrected chi connectivity index (χ2v) is 6.39. The van der Waals surface area contributed by atoms with E-state index in [1.807, 2.05) is 18.2 Å². The molecule has 20 heavy (non-hydrogen) atoms. The molecule has 2 aromatic rings. The molecule has 1 saturated carbocycles. The monoisotopic (exact) mass is 291 g/mol. The van der Waals surface area contributed by atoms with Crippen LogP contribution in [0, 0.1) is 11.8 Å². The summed E-state index contributed by atoms with van der Waals surface area (Å²) >= 11 is 6.32. The molecule has 4 heteroatoms. The summed E-state index contributed by atoms with van der Waals surface area (Å²) in [6, 6.07) is 5.81. The zero-order chi connectivity index (χ0) is 14.1. The summed E-state index contributed by atoms with van der Waals surface area (Å²) in [6.07, 6.45) is 6.60. The number of aromatic nitrogens is 2. The first kappa shape index (κ1) is 13.7. The Bertz CT molecular complexity index is 597. The molecule has 0 amide bonds. The van der Waals surface area contributed by atoms with Crippen molar-refractivity contribution in [3.63, 3.8) is 0 Å². The third kappa shape index (κ3) is 2.51. The molecule has 0 aliphatic heterocycles. The molecule has 0 spiro atoms. The minimum absolute atomic E-state index is 0.589. The number of hydrogen-bond acceptors (Lipinski definition) is 2. The molecule has 0 radical (unpaired) electrons. The summed E-state index contributed by atoms with van der Waals surface area (Å²) in [5, 5.41) is 0.744. The van der Waals surface area contributed by atoms with Gasteiger partial charge in [0.2, 0.25) is 5.95 Å². The van der Waals surface area contributed by atoms with Crippen LogP contribution in [0.25, 0.3) is 11.0 Å². The van der Waals surface area contributed by atoms with Crippen molar-refractivity contribution in [2.75, 3.05) is 5.73 Å². The lowest BCUT2D eigenvalue weighted by Gasteiger charge is -2.28. The largest absolute Gasteiger partial charge is 0.369 e. The molecule has 108 valence electrons. The third-order valence-electron chi connectivity index (χ3n) is 4.73. The van der Waals surface area contributed by atoms with Gasteiger partial charge < -0.3 is 10.3 Å². The molecule has 3 rings (SSSR count). The van der Waals surface area contributed by atoms with E-state index in [9.17, 15) is 0 Å². The normalized spacial score (nSPS) is 23.3. The van der Waals surface area contributed by atoms with Gasteiger partial charge in [0.05, 0.1) is 16.1 Å². The minimum atomic E-state index is 0.589. The quantitative estimate of drug-likeness (QED) is 0.905. The Balaban J connectivity index is 1.83. The number of nitrogens with two attached hydrogens (primary N) is 1. The SMILES string of the molecule is CCC1CCC(Cn2c(N)nc3cccc(Cl)c32)CC1. The Morgan fingerprint density at radius 2 is 1.95 bits per heavy atom. The highest BCUT2D eigenvalue weighted by molar-refractivity contribution is 6.35. The van der Waals surface area contributed by atoms with E-state index in [1.54, 1.807) is 0 Å². The molecule has 1 fully saturated rings. The predicted octanol–water partition coefficient (Wildman–Crippen LogP) is 4.49. The Morgan fingerprint density at radius 3 is 2.65 bits per heavy atom. The Hall–Kier alpha value is -1.22. The number of nitrogens with zero attached hydrogens (tertiary/aromatic N) is 2. The summed E-state index contributed by atoms with van der Waals surface area (Å²) in [5.41, 5.74) is 7.98. The van der Waals surface area contributed by atoms with Gasteiger partial charge in [-0.2, -0.15) is 0 Å². The zero-order valence-electron chi connectivity index (χ0n) is 12.0. The first-order valence-corrected chi connectivity index (χ1v) is 7.97. The van der Waals surface area contributed by atoms with E-state index in [1.165, 1.54) is 32.1 Å². The topological polar surface area (TPSA) is 43.8 Å². The highest BCUT2D eigenvalue weighted by Gasteiger charge is 2.22. The van der Waals surface area contributed by atoms with E-state index < -0.39 is 0 Å². The Morgan fingerprint density at radius 1 is 1.25 bits per heavy atom. The maximum Gasteiger partial charge on any atom is 0.201 e. The summed E-state index contributed by atoms with van der Waals surface area (Å²) in [6.45, 7) is 3.24.